The van der Waals surface area contributed by atoms with Crippen molar-refractivity contribution in [2.24, 2.45) is 0 Å². The van der Waals surface area contributed by atoms with Crippen molar-refractivity contribution in [3.63, 3.8) is 0 Å². The van der Waals surface area contributed by atoms with Crippen LogP contribution >= 0.6 is 11.6 Å². The van der Waals surface area contributed by atoms with Gasteiger partial charge in [-0.3, -0.25) is 13.9 Å². The maximum absolute atomic E-state index is 13.3. The molecule has 1 unspecified atom stereocenters. The SMILES string of the molecule is CCC(C(=O)NC)N(Cc1cccc(C)c1)C(=O)CCCN(c1ccc(OC)c(Cl)c1)S(C)(=O)=O. The predicted octanol–water partition coefficient (Wildman–Crippen LogP) is 3.76. The van der Waals surface area contributed by atoms with Gasteiger partial charge in [0.1, 0.15) is 11.8 Å². The molecule has 0 saturated carbocycles. The van der Waals surface area contributed by atoms with Gasteiger partial charge in [0.2, 0.25) is 21.8 Å². The Morgan fingerprint density at radius 2 is 1.89 bits per heavy atom. The Morgan fingerprint density at radius 1 is 1.17 bits per heavy atom. The second-order valence-electron chi connectivity index (χ2n) is 8.31. The van der Waals surface area contributed by atoms with E-state index in [0.29, 0.717) is 17.9 Å². The summed E-state index contributed by atoms with van der Waals surface area (Å²) in [6.07, 6.45) is 1.91. The van der Waals surface area contributed by atoms with Gasteiger partial charge in [0.15, 0.2) is 0 Å². The minimum absolute atomic E-state index is 0.0786. The van der Waals surface area contributed by atoms with Gasteiger partial charge < -0.3 is 15.0 Å². The minimum Gasteiger partial charge on any atom is -0.495 e. The monoisotopic (exact) mass is 523 g/mol. The van der Waals surface area contributed by atoms with Crippen molar-refractivity contribution >= 4 is 39.1 Å². The summed E-state index contributed by atoms with van der Waals surface area (Å²) in [6, 6.07) is 11.9. The lowest BCUT2D eigenvalue weighted by Crippen LogP contribution is -2.48. The van der Waals surface area contributed by atoms with E-state index >= 15 is 0 Å². The number of methoxy groups -OCH3 is 1. The molecule has 0 aromatic heterocycles. The Bertz CT molecular complexity index is 1140. The molecule has 0 radical (unpaired) electrons. The van der Waals surface area contributed by atoms with E-state index in [4.69, 9.17) is 16.3 Å². The van der Waals surface area contributed by atoms with Crippen molar-refractivity contribution < 1.29 is 22.7 Å². The number of hydrogen-bond acceptors (Lipinski definition) is 5. The molecule has 8 nitrogen and oxygen atoms in total. The van der Waals surface area contributed by atoms with Gasteiger partial charge in [0.25, 0.3) is 0 Å². The number of hydrogen-bond donors (Lipinski definition) is 1. The van der Waals surface area contributed by atoms with Crippen LogP contribution in [0.3, 0.4) is 0 Å². The topological polar surface area (TPSA) is 96.0 Å². The first kappa shape index (κ1) is 28.5. The van der Waals surface area contributed by atoms with Gasteiger partial charge in [-0.25, -0.2) is 8.42 Å². The lowest BCUT2D eigenvalue weighted by molar-refractivity contribution is -0.141. The lowest BCUT2D eigenvalue weighted by Gasteiger charge is -2.31. The van der Waals surface area contributed by atoms with Gasteiger partial charge >= 0.3 is 0 Å². The van der Waals surface area contributed by atoms with E-state index in [-0.39, 0.29) is 42.8 Å². The van der Waals surface area contributed by atoms with Crippen LogP contribution in [-0.2, 0) is 26.2 Å². The number of nitrogens with zero attached hydrogens (tertiary/aromatic N) is 2. The van der Waals surface area contributed by atoms with E-state index in [2.05, 4.69) is 5.32 Å². The van der Waals surface area contributed by atoms with Crippen LogP contribution in [0.4, 0.5) is 5.69 Å². The van der Waals surface area contributed by atoms with Gasteiger partial charge in [-0.2, -0.15) is 0 Å². The number of ether oxygens (including phenoxy) is 1. The molecule has 0 fully saturated rings. The average Bonchev–Trinajstić information content (AvgIpc) is 2.80. The molecule has 0 saturated heterocycles. The second-order valence-corrected chi connectivity index (χ2v) is 10.6. The molecule has 0 bridgehead atoms. The summed E-state index contributed by atoms with van der Waals surface area (Å²) in [5.41, 5.74) is 2.37. The summed E-state index contributed by atoms with van der Waals surface area (Å²) in [7, 11) is -0.596. The van der Waals surface area contributed by atoms with Crippen molar-refractivity contribution in [1.29, 1.82) is 0 Å². The van der Waals surface area contributed by atoms with E-state index in [9.17, 15) is 18.0 Å². The smallest absolute Gasteiger partial charge is 0.242 e. The van der Waals surface area contributed by atoms with Crippen LogP contribution in [0.5, 0.6) is 5.75 Å². The Balaban J connectivity index is 2.21. The van der Waals surface area contributed by atoms with Crippen molar-refractivity contribution in [3.05, 3.63) is 58.6 Å². The van der Waals surface area contributed by atoms with E-state index < -0.39 is 16.1 Å². The number of rotatable bonds is 12. The summed E-state index contributed by atoms with van der Waals surface area (Å²) in [5.74, 6) is -0.0204. The highest BCUT2D eigenvalue weighted by Gasteiger charge is 2.28. The summed E-state index contributed by atoms with van der Waals surface area (Å²) < 4.78 is 31.3. The summed E-state index contributed by atoms with van der Waals surface area (Å²) >= 11 is 6.19. The van der Waals surface area contributed by atoms with Crippen LogP contribution in [0, 0.1) is 6.92 Å². The number of halogens is 1. The van der Waals surface area contributed by atoms with Gasteiger partial charge in [-0.1, -0.05) is 48.4 Å². The molecule has 10 heteroatoms. The third-order valence-electron chi connectivity index (χ3n) is 5.64. The normalized spacial score (nSPS) is 12.1. The highest BCUT2D eigenvalue weighted by atomic mass is 35.5. The number of benzene rings is 2. The number of carbonyl (C=O) groups is 2. The van der Waals surface area contributed by atoms with Gasteiger partial charge in [-0.15, -0.1) is 0 Å². The molecule has 2 aromatic rings. The largest absolute Gasteiger partial charge is 0.495 e. The molecule has 0 aliphatic heterocycles. The Kier molecular flexibility index (Phi) is 10.4. The Hall–Kier alpha value is -2.78. The third kappa shape index (κ3) is 7.86. The van der Waals surface area contributed by atoms with Gasteiger partial charge in [0.05, 0.1) is 24.1 Å². The van der Waals surface area contributed by atoms with Crippen molar-refractivity contribution in [2.45, 2.75) is 45.7 Å². The molecule has 0 spiro atoms. The zero-order chi connectivity index (χ0) is 26.2. The maximum atomic E-state index is 13.3. The number of carbonyl (C=O) groups excluding carboxylic acids is 2. The number of likely N-dealkylation sites (N-methyl/N-ethyl adjacent to an activating group) is 1. The first-order valence-corrected chi connectivity index (χ1v) is 13.6. The fourth-order valence-electron chi connectivity index (χ4n) is 3.91. The summed E-state index contributed by atoms with van der Waals surface area (Å²) in [4.78, 5) is 27.4. The van der Waals surface area contributed by atoms with Crippen LogP contribution < -0.4 is 14.4 Å². The zero-order valence-electron chi connectivity index (χ0n) is 20.9. The molecule has 2 aromatic carbocycles. The predicted molar refractivity (Wildman–Crippen MR) is 139 cm³/mol. The molecule has 1 atom stereocenters. The molecule has 2 amide bonds. The van der Waals surface area contributed by atoms with Gasteiger partial charge in [0, 0.05) is 26.6 Å². The maximum Gasteiger partial charge on any atom is 0.242 e. The number of amides is 2. The highest BCUT2D eigenvalue weighted by Crippen LogP contribution is 2.30. The van der Waals surface area contributed by atoms with E-state index in [0.717, 1.165) is 17.4 Å². The lowest BCUT2D eigenvalue weighted by atomic mass is 10.1. The molecule has 35 heavy (non-hydrogen) atoms. The van der Waals surface area contributed by atoms with Crippen LogP contribution in [-0.4, -0.2) is 58.1 Å². The fraction of sp³-hybridized carbons (Fsp3) is 0.440. The quantitative estimate of drug-likeness (QED) is 0.457. The molecule has 1 N–H and O–H groups in total. The standard InChI is InChI=1S/C25H34ClN3O5S/c1-6-22(25(31)27-3)28(17-19-10-7-9-18(2)15-19)24(30)11-8-14-29(35(5,32)33)20-12-13-23(34-4)21(26)16-20/h7,9-10,12-13,15-16,22H,6,8,11,14,17H2,1-5H3,(H,27,31). The number of aryl methyl sites for hydroxylation is 1. The molecule has 0 aliphatic rings. The Morgan fingerprint density at radius 3 is 2.43 bits per heavy atom. The first-order valence-electron chi connectivity index (χ1n) is 11.4. The number of sulfonamides is 1. The fourth-order valence-corrected chi connectivity index (χ4v) is 5.12. The van der Waals surface area contributed by atoms with E-state index in [1.54, 1.807) is 24.1 Å². The van der Waals surface area contributed by atoms with Crippen LogP contribution in [0.1, 0.15) is 37.3 Å². The minimum atomic E-state index is -3.62. The molecule has 0 heterocycles. The van der Waals surface area contributed by atoms with Crippen LogP contribution in [0.25, 0.3) is 0 Å². The highest BCUT2D eigenvalue weighted by molar-refractivity contribution is 7.92. The van der Waals surface area contributed by atoms with Gasteiger partial charge in [-0.05, 0) is 43.5 Å². The second kappa shape index (κ2) is 12.8. The van der Waals surface area contributed by atoms with E-state index in [1.165, 1.54) is 17.5 Å². The third-order valence-corrected chi connectivity index (χ3v) is 7.13. The molecule has 2 rings (SSSR count). The van der Waals surface area contributed by atoms with Crippen molar-refractivity contribution in [2.75, 3.05) is 31.3 Å². The molecule has 192 valence electrons. The van der Waals surface area contributed by atoms with Crippen LogP contribution in [0.2, 0.25) is 5.02 Å². The van der Waals surface area contributed by atoms with Crippen LogP contribution in [0.15, 0.2) is 42.5 Å². The average molecular weight is 524 g/mol. The Labute approximate surface area is 213 Å². The van der Waals surface area contributed by atoms with E-state index in [1.807, 2.05) is 38.1 Å². The zero-order valence-corrected chi connectivity index (χ0v) is 22.4. The first-order chi connectivity index (χ1) is 16.5. The number of nitrogens with one attached hydrogen (secondary N) is 1. The van der Waals surface area contributed by atoms with Crippen molar-refractivity contribution in [3.8, 4) is 5.75 Å². The molecule has 0 aliphatic carbocycles. The van der Waals surface area contributed by atoms with Crippen molar-refractivity contribution in [1.82, 2.24) is 10.2 Å². The number of anilines is 1. The summed E-state index contributed by atoms with van der Waals surface area (Å²) in [6.45, 7) is 4.20. The molecular formula is C25H34ClN3O5S. The summed E-state index contributed by atoms with van der Waals surface area (Å²) in [5, 5.41) is 2.92. The molecular weight excluding hydrogens is 490 g/mol.